The first kappa shape index (κ1) is 18.8. The molecule has 0 aliphatic heterocycles. The highest BCUT2D eigenvalue weighted by Gasteiger charge is 2.13. The van der Waals surface area contributed by atoms with Gasteiger partial charge in [-0.25, -0.2) is 0 Å². The molecule has 0 rings (SSSR count). The first-order valence-electron chi connectivity index (χ1n) is 5.88. The number of aliphatic carboxylic acids is 1. The second-order valence-corrected chi connectivity index (χ2v) is 4.10. The number of methoxy groups -OCH3 is 1. The smallest absolute Gasteiger partial charge is 0.312 e. The van der Waals surface area contributed by atoms with E-state index < -0.39 is 5.97 Å². The van der Waals surface area contributed by atoms with Crippen molar-refractivity contribution in [3.8, 4) is 0 Å². The topological polar surface area (TPSA) is 63.6 Å². The molecule has 0 saturated carbocycles. The second-order valence-electron chi connectivity index (χ2n) is 4.10. The zero-order valence-electron chi connectivity index (χ0n) is 11.7. The number of esters is 1. The molecule has 0 bridgehead atoms. The predicted molar refractivity (Wildman–Crippen MR) is 72.3 cm³/mol. The molecule has 1 atom stereocenters. The van der Waals surface area contributed by atoms with Crippen molar-refractivity contribution in [3.63, 3.8) is 0 Å². The Bertz CT molecular complexity index is 284. The molecule has 4 nitrogen and oxygen atoms in total. The third-order valence-electron chi connectivity index (χ3n) is 2.06. The van der Waals surface area contributed by atoms with Gasteiger partial charge in [0.05, 0.1) is 13.0 Å². The van der Waals surface area contributed by atoms with Crippen LogP contribution in [0.15, 0.2) is 24.3 Å². The molecule has 1 N–H and O–H groups in total. The number of ether oxygens (including phenoxy) is 1. The molecule has 0 aromatic heterocycles. The number of carbonyl (C=O) groups is 2. The Hall–Kier alpha value is -1.58. The summed E-state index contributed by atoms with van der Waals surface area (Å²) < 4.78 is 4.66. The molecule has 0 aromatic carbocycles. The van der Waals surface area contributed by atoms with Crippen LogP contribution >= 0.6 is 0 Å². The van der Waals surface area contributed by atoms with Crippen molar-refractivity contribution in [2.45, 2.75) is 40.0 Å². The summed E-state index contributed by atoms with van der Waals surface area (Å²) in [6, 6.07) is 0. The van der Waals surface area contributed by atoms with E-state index in [1.807, 2.05) is 0 Å². The lowest BCUT2D eigenvalue weighted by molar-refractivity contribution is -0.144. The highest BCUT2D eigenvalue weighted by Crippen LogP contribution is 2.12. The monoisotopic (exact) mass is 256 g/mol. The van der Waals surface area contributed by atoms with E-state index >= 15 is 0 Å². The van der Waals surface area contributed by atoms with Crippen molar-refractivity contribution in [2.24, 2.45) is 5.92 Å². The van der Waals surface area contributed by atoms with Gasteiger partial charge in [-0.1, -0.05) is 17.7 Å². The number of allylic oxidation sites excluding steroid dienone is 2. The number of hydrogen-bond donors (Lipinski definition) is 1. The number of carboxylic acids is 1. The van der Waals surface area contributed by atoms with Gasteiger partial charge in [-0.3, -0.25) is 9.59 Å². The van der Waals surface area contributed by atoms with E-state index in [0.717, 1.165) is 26.2 Å². The molecule has 0 aromatic rings. The van der Waals surface area contributed by atoms with E-state index in [2.05, 4.69) is 31.2 Å². The maximum Gasteiger partial charge on any atom is 0.312 e. The summed E-state index contributed by atoms with van der Waals surface area (Å²) in [6.07, 6.45) is 6.67. The van der Waals surface area contributed by atoms with Crippen LogP contribution in [0.5, 0.6) is 0 Å². The van der Waals surface area contributed by atoms with Gasteiger partial charge >= 0.3 is 5.97 Å². The summed E-state index contributed by atoms with van der Waals surface area (Å²) in [7, 11) is 1.41. The minimum absolute atomic E-state index is 0.148. The minimum Gasteiger partial charge on any atom is -0.481 e. The fourth-order valence-electron chi connectivity index (χ4n) is 1.21. The van der Waals surface area contributed by atoms with Gasteiger partial charge in [0.25, 0.3) is 5.97 Å². The first-order chi connectivity index (χ1) is 8.34. The van der Waals surface area contributed by atoms with Crippen LogP contribution in [0.25, 0.3) is 0 Å². The molecule has 18 heavy (non-hydrogen) atoms. The first-order valence-corrected chi connectivity index (χ1v) is 5.88. The fraction of sp³-hybridized carbons (Fsp3) is 0.571. The van der Waals surface area contributed by atoms with Crippen molar-refractivity contribution >= 4 is 11.9 Å². The van der Waals surface area contributed by atoms with Gasteiger partial charge in [-0.15, -0.1) is 6.58 Å². The van der Waals surface area contributed by atoms with Crippen molar-refractivity contribution in [2.75, 3.05) is 7.11 Å². The Morgan fingerprint density at radius 1 is 1.33 bits per heavy atom. The number of hydrogen-bond acceptors (Lipinski definition) is 3. The van der Waals surface area contributed by atoms with Gasteiger partial charge in [-0.2, -0.15) is 0 Å². The molecule has 0 aliphatic rings. The minimum atomic E-state index is -0.833. The summed E-state index contributed by atoms with van der Waals surface area (Å²) in [5.41, 5.74) is 1.32. The van der Waals surface area contributed by atoms with Gasteiger partial charge in [0.1, 0.15) is 0 Å². The molecule has 4 heteroatoms. The van der Waals surface area contributed by atoms with Crippen molar-refractivity contribution in [1.82, 2.24) is 0 Å². The van der Waals surface area contributed by atoms with E-state index in [1.54, 1.807) is 6.08 Å². The lowest BCUT2D eigenvalue weighted by atomic mass is 10.0. The third kappa shape index (κ3) is 14.4. The molecule has 0 heterocycles. The van der Waals surface area contributed by atoms with Crippen LogP contribution in [-0.4, -0.2) is 24.2 Å². The maximum atomic E-state index is 11.2. The molecule has 0 spiro atoms. The summed E-state index contributed by atoms with van der Waals surface area (Å²) in [6.45, 7) is 8.86. The largest absolute Gasteiger partial charge is 0.481 e. The number of rotatable bonds is 6. The number of carbonyl (C=O) groups excluding carboxylic acids is 1. The summed E-state index contributed by atoms with van der Waals surface area (Å²) in [5.74, 6) is -1.16. The molecule has 1 unspecified atom stereocenters. The zero-order valence-corrected chi connectivity index (χ0v) is 11.7. The second kappa shape index (κ2) is 11.9. The molecular weight excluding hydrogens is 232 g/mol. The molecule has 0 aliphatic carbocycles. The predicted octanol–water partition coefficient (Wildman–Crippen LogP) is 3.19. The average molecular weight is 256 g/mol. The van der Waals surface area contributed by atoms with Gasteiger partial charge in [0.15, 0.2) is 0 Å². The van der Waals surface area contributed by atoms with Crippen molar-refractivity contribution < 1.29 is 19.4 Å². The normalized spacial score (nSPS) is 10.4. The average Bonchev–Trinajstić information content (AvgIpc) is 2.27. The van der Waals surface area contributed by atoms with Crippen LogP contribution in [-0.2, 0) is 14.3 Å². The molecule has 104 valence electrons. The lowest BCUT2D eigenvalue weighted by Gasteiger charge is -2.08. The van der Waals surface area contributed by atoms with Crippen molar-refractivity contribution in [1.29, 1.82) is 0 Å². The van der Waals surface area contributed by atoms with E-state index in [-0.39, 0.29) is 11.9 Å². The Morgan fingerprint density at radius 3 is 2.17 bits per heavy atom. The van der Waals surface area contributed by atoms with Gasteiger partial charge in [0.2, 0.25) is 0 Å². The van der Waals surface area contributed by atoms with Crippen molar-refractivity contribution in [3.05, 3.63) is 24.3 Å². The summed E-state index contributed by atoms with van der Waals surface area (Å²) in [5, 5.41) is 7.42. The fourth-order valence-corrected chi connectivity index (χ4v) is 1.21. The van der Waals surface area contributed by atoms with Crippen LogP contribution in [0, 0.1) is 5.92 Å². The molecule has 0 radical (unpaired) electrons. The van der Waals surface area contributed by atoms with E-state index in [4.69, 9.17) is 9.90 Å². The Balaban J connectivity index is 0. The summed E-state index contributed by atoms with van der Waals surface area (Å²) in [4.78, 5) is 20.2. The molecule has 0 amide bonds. The molecular formula is C14H24O4. The molecule has 0 saturated heterocycles. The quantitative estimate of drug-likeness (QED) is 0.450. The maximum absolute atomic E-state index is 11.2. The van der Waals surface area contributed by atoms with E-state index in [1.165, 1.54) is 12.7 Å². The summed E-state index contributed by atoms with van der Waals surface area (Å²) >= 11 is 0. The lowest BCUT2D eigenvalue weighted by Crippen LogP contribution is -2.13. The van der Waals surface area contributed by atoms with Gasteiger partial charge in [-0.05, 0) is 33.1 Å². The van der Waals surface area contributed by atoms with Gasteiger partial charge < -0.3 is 9.84 Å². The SMILES string of the molecule is C=CC(CCCC=C(C)C)C(=O)OC.CC(=O)O. The molecule has 0 fully saturated rings. The van der Waals surface area contributed by atoms with Crippen LogP contribution in [0.4, 0.5) is 0 Å². The Labute approximate surface area is 109 Å². The number of unbranched alkanes of at least 4 members (excludes halogenated alkanes) is 1. The van der Waals surface area contributed by atoms with Gasteiger partial charge in [0, 0.05) is 6.92 Å². The highest BCUT2D eigenvalue weighted by atomic mass is 16.5. The Morgan fingerprint density at radius 2 is 1.83 bits per heavy atom. The zero-order chi connectivity index (χ0) is 14.6. The number of carboxylic acid groups (broad SMARTS) is 1. The highest BCUT2D eigenvalue weighted by molar-refractivity contribution is 5.74. The van der Waals surface area contributed by atoms with Crippen LogP contribution in [0.3, 0.4) is 0 Å². The van der Waals surface area contributed by atoms with E-state index in [9.17, 15) is 4.79 Å². The third-order valence-corrected chi connectivity index (χ3v) is 2.06. The van der Waals surface area contributed by atoms with Crippen LogP contribution in [0.1, 0.15) is 40.0 Å². The van der Waals surface area contributed by atoms with E-state index in [0.29, 0.717) is 0 Å². The Kier molecular flexibility index (Phi) is 12.4. The van der Waals surface area contributed by atoms with Crippen LogP contribution < -0.4 is 0 Å². The standard InChI is InChI=1S/C12H20O2.C2H4O2/c1-5-11(12(13)14-4)9-7-6-8-10(2)3;1-2(3)4/h5,8,11H,1,6-7,9H2,2-4H3;1H3,(H,3,4). The van der Waals surface area contributed by atoms with Crippen LogP contribution in [0.2, 0.25) is 0 Å².